The average molecular weight is 782 g/mol. The van der Waals surface area contributed by atoms with E-state index >= 15 is 0 Å². The summed E-state index contributed by atoms with van der Waals surface area (Å²) in [4.78, 5) is 2.49. The van der Waals surface area contributed by atoms with Crippen molar-refractivity contribution in [3.8, 4) is 66.8 Å². The van der Waals surface area contributed by atoms with Crippen LogP contribution >= 0.6 is 0 Å². The van der Waals surface area contributed by atoms with Gasteiger partial charge in [0.05, 0.1) is 11.4 Å². The van der Waals surface area contributed by atoms with E-state index in [0.29, 0.717) is 0 Å². The normalized spacial score (nSPS) is 13.8. The van der Waals surface area contributed by atoms with Gasteiger partial charge in [-0.2, -0.15) is 0 Å². The van der Waals surface area contributed by atoms with Gasteiger partial charge in [-0.3, -0.25) is 0 Å². The van der Waals surface area contributed by atoms with Gasteiger partial charge in [0.25, 0.3) is 0 Å². The highest BCUT2D eigenvalue weighted by Crippen LogP contribution is 2.55. The molecule has 9 aromatic carbocycles. The van der Waals surface area contributed by atoms with Gasteiger partial charge < -0.3 is 4.90 Å². The van der Waals surface area contributed by atoms with E-state index in [4.69, 9.17) is 0 Å². The second kappa shape index (κ2) is 14.2. The van der Waals surface area contributed by atoms with Gasteiger partial charge in [0.15, 0.2) is 0 Å². The molecule has 0 spiro atoms. The molecule has 0 aromatic heterocycles. The molecule has 9 aromatic rings. The molecule has 292 valence electrons. The van der Waals surface area contributed by atoms with Crippen molar-refractivity contribution >= 4 is 17.1 Å². The van der Waals surface area contributed by atoms with Crippen LogP contribution in [0.3, 0.4) is 0 Å². The van der Waals surface area contributed by atoms with Crippen LogP contribution in [0.5, 0.6) is 0 Å². The van der Waals surface area contributed by atoms with Gasteiger partial charge in [0, 0.05) is 27.6 Å². The lowest BCUT2D eigenvalue weighted by Gasteiger charge is -2.31. The van der Waals surface area contributed by atoms with E-state index < -0.39 is 0 Å². The monoisotopic (exact) mass is 781 g/mol. The lowest BCUT2D eigenvalue weighted by Crippen LogP contribution is -2.15. The number of fused-ring (bicyclic) bond motifs is 6. The number of rotatable bonds is 7. The first-order valence-corrected chi connectivity index (χ1v) is 21.5. The molecule has 2 aliphatic rings. The van der Waals surface area contributed by atoms with Crippen molar-refractivity contribution in [2.45, 2.75) is 38.5 Å². The van der Waals surface area contributed by atoms with Crippen molar-refractivity contribution in [1.29, 1.82) is 0 Å². The fraction of sp³-hybridized carbons (Fsp3) is 0.100. The van der Waals surface area contributed by atoms with Gasteiger partial charge in [-0.1, -0.05) is 204 Å². The molecule has 0 fully saturated rings. The highest BCUT2D eigenvalue weighted by molar-refractivity contribution is 6.00. The van der Waals surface area contributed by atoms with E-state index in [0.717, 1.165) is 17.1 Å². The zero-order valence-electron chi connectivity index (χ0n) is 35.2. The lowest BCUT2D eigenvalue weighted by atomic mass is 9.82. The van der Waals surface area contributed by atoms with Crippen molar-refractivity contribution in [3.63, 3.8) is 0 Å². The molecule has 2 aliphatic carbocycles. The average Bonchev–Trinajstić information content (AvgIpc) is 3.69. The largest absolute Gasteiger partial charge is 0.309 e. The maximum atomic E-state index is 2.49. The lowest BCUT2D eigenvalue weighted by molar-refractivity contribution is 0.660. The Morgan fingerprint density at radius 2 is 0.738 bits per heavy atom. The highest BCUT2D eigenvalue weighted by Gasteiger charge is 2.38. The van der Waals surface area contributed by atoms with E-state index in [1.165, 1.54) is 89.0 Å². The van der Waals surface area contributed by atoms with Crippen LogP contribution in [-0.4, -0.2) is 0 Å². The molecule has 1 heteroatoms. The van der Waals surface area contributed by atoms with Crippen molar-refractivity contribution < 1.29 is 0 Å². The Balaban J connectivity index is 1.11. The van der Waals surface area contributed by atoms with Gasteiger partial charge in [0.1, 0.15) is 0 Å². The summed E-state index contributed by atoms with van der Waals surface area (Å²) in [5.74, 6) is 0. The summed E-state index contributed by atoms with van der Waals surface area (Å²) in [6, 6.07) is 78.6. The molecule has 0 saturated carbocycles. The molecule has 0 bridgehead atoms. The molecular weight excluding hydrogens is 735 g/mol. The van der Waals surface area contributed by atoms with E-state index in [1.54, 1.807) is 0 Å². The van der Waals surface area contributed by atoms with E-state index in [-0.39, 0.29) is 10.8 Å². The topological polar surface area (TPSA) is 3.24 Å². The second-order valence-electron chi connectivity index (χ2n) is 17.7. The van der Waals surface area contributed by atoms with Crippen LogP contribution in [0, 0.1) is 0 Å². The van der Waals surface area contributed by atoms with Crippen molar-refractivity contribution in [1.82, 2.24) is 0 Å². The molecule has 0 saturated heterocycles. The van der Waals surface area contributed by atoms with Crippen LogP contribution < -0.4 is 4.90 Å². The third-order valence-electron chi connectivity index (χ3n) is 13.5. The number of para-hydroxylation sites is 1. The van der Waals surface area contributed by atoms with Crippen LogP contribution in [0.15, 0.2) is 212 Å². The minimum atomic E-state index is -0.102. The van der Waals surface area contributed by atoms with Crippen LogP contribution in [0.4, 0.5) is 17.1 Å². The molecule has 0 aliphatic heterocycles. The fourth-order valence-electron chi connectivity index (χ4n) is 10.4. The maximum absolute atomic E-state index is 2.49. The van der Waals surface area contributed by atoms with Crippen molar-refractivity contribution in [3.05, 3.63) is 235 Å². The predicted octanol–water partition coefficient (Wildman–Crippen LogP) is 16.4. The highest BCUT2D eigenvalue weighted by atomic mass is 15.1. The summed E-state index contributed by atoms with van der Waals surface area (Å²) in [6.45, 7) is 9.42. The number of benzene rings is 9. The Hall–Kier alpha value is -7.22. The zero-order chi connectivity index (χ0) is 41.3. The number of anilines is 3. The molecule has 1 nitrogen and oxygen atoms in total. The Morgan fingerprint density at radius 1 is 0.279 bits per heavy atom. The van der Waals surface area contributed by atoms with Crippen LogP contribution in [0.25, 0.3) is 66.8 Å². The Morgan fingerprint density at radius 3 is 1.46 bits per heavy atom. The molecule has 11 rings (SSSR count). The number of hydrogen-bond donors (Lipinski definition) is 0. The molecule has 0 N–H and O–H groups in total. The smallest absolute Gasteiger partial charge is 0.0540 e. The van der Waals surface area contributed by atoms with Crippen molar-refractivity contribution in [2.75, 3.05) is 4.90 Å². The summed E-state index contributed by atoms with van der Waals surface area (Å²) >= 11 is 0. The molecule has 0 heterocycles. The van der Waals surface area contributed by atoms with E-state index in [2.05, 4.69) is 245 Å². The van der Waals surface area contributed by atoms with Crippen LogP contribution in [0.1, 0.15) is 49.9 Å². The Kier molecular flexibility index (Phi) is 8.58. The SMILES string of the molecule is CC1(C)c2ccccc2-c2cc(-c3ccc(N(c4ccc(-c5ccccc5)cc4-c4ccccc4)c4ccccc4-c4cccc5c4-c4ccccc4C5(C)C)cc3)ccc21. The van der Waals surface area contributed by atoms with Gasteiger partial charge in [0.2, 0.25) is 0 Å². The van der Waals surface area contributed by atoms with Crippen LogP contribution in [-0.2, 0) is 10.8 Å². The van der Waals surface area contributed by atoms with Gasteiger partial charge in [-0.15, -0.1) is 0 Å². The van der Waals surface area contributed by atoms with Crippen LogP contribution in [0.2, 0.25) is 0 Å². The number of nitrogens with zero attached hydrogens (tertiary/aromatic N) is 1. The summed E-state index contributed by atoms with van der Waals surface area (Å²) in [7, 11) is 0. The standard InChI is InChI=1S/C60H47N/c1-59(2)52-26-14-11-22-46(52)51-39-43(32-36-54(51)59)41-30-34-45(35-31-41)61(57-37-33-44(40-18-7-5-8-19-40)38-50(57)42-20-9-6-10-21-42)56-29-16-13-23-47(56)48-25-17-28-55-58(48)49-24-12-15-27-53(49)60(55,3)4/h5-39H,1-4H3. The second-order valence-corrected chi connectivity index (χ2v) is 17.7. The van der Waals surface area contributed by atoms with Crippen molar-refractivity contribution in [2.24, 2.45) is 0 Å². The van der Waals surface area contributed by atoms with Gasteiger partial charge in [-0.25, -0.2) is 0 Å². The first-order valence-electron chi connectivity index (χ1n) is 21.5. The summed E-state index contributed by atoms with van der Waals surface area (Å²) in [5, 5.41) is 0. The molecule has 0 atom stereocenters. The van der Waals surface area contributed by atoms with Gasteiger partial charge >= 0.3 is 0 Å². The minimum absolute atomic E-state index is 0.0224. The third kappa shape index (κ3) is 5.91. The Labute approximate surface area is 360 Å². The molecule has 0 radical (unpaired) electrons. The first-order chi connectivity index (χ1) is 29.8. The summed E-state index contributed by atoms with van der Waals surface area (Å²) in [6.07, 6.45) is 0. The molecular formula is C60H47N. The minimum Gasteiger partial charge on any atom is -0.309 e. The first kappa shape index (κ1) is 36.8. The Bertz CT molecular complexity index is 3120. The predicted molar refractivity (Wildman–Crippen MR) is 258 cm³/mol. The van der Waals surface area contributed by atoms with E-state index in [1.807, 2.05) is 0 Å². The zero-order valence-corrected chi connectivity index (χ0v) is 35.2. The van der Waals surface area contributed by atoms with Gasteiger partial charge in [-0.05, 0) is 114 Å². The quantitative estimate of drug-likeness (QED) is 0.156. The maximum Gasteiger partial charge on any atom is 0.0540 e. The molecule has 61 heavy (non-hydrogen) atoms. The molecule has 0 unspecified atom stereocenters. The van der Waals surface area contributed by atoms with E-state index in [9.17, 15) is 0 Å². The fourth-order valence-corrected chi connectivity index (χ4v) is 10.4. The summed E-state index contributed by atoms with van der Waals surface area (Å²) in [5.41, 5.74) is 23.7. The third-order valence-corrected chi connectivity index (χ3v) is 13.5. The number of hydrogen-bond acceptors (Lipinski definition) is 1. The molecule has 0 amide bonds. The summed E-state index contributed by atoms with van der Waals surface area (Å²) < 4.78 is 0.